The van der Waals surface area contributed by atoms with Crippen LogP contribution in [0.4, 0.5) is 0 Å². The molecule has 0 aliphatic rings. The van der Waals surface area contributed by atoms with Crippen LogP contribution < -0.4 is 0 Å². The van der Waals surface area contributed by atoms with Crippen molar-refractivity contribution < 1.29 is 14.9 Å². The number of Topliss-reactive ketones (excluding diaryl/α,β-unsaturated/α-hetero) is 1. The zero-order chi connectivity index (χ0) is 8.10. The Morgan fingerprint density at radius 1 is 1.33 bits per heavy atom. The van der Waals surface area contributed by atoms with Gasteiger partial charge in [0.15, 0.2) is 5.78 Å². The molecule has 0 saturated carbocycles. The molecule has 0 unspecified atom stereocenters. The van der Waals surface area contributed by atoms with Crippen molar-refractivity contribution in [3.05, 3.63) is 35.9 Å². The van der Waals surface area contributed by atoms with Crippen molar-refractivity contribution in [2.24, 2.45) is 0 Å². The van der Waals surface area contributed by atoms with Crippen LogP contribution in [0.3, 0.4) is 0 Å². The van der Waals surface area contributed by atoms with Crippen molar-refractivity contribution >= 4 is 57.2 Å². The fourth-order valence-corrected chi connectivity index (χ4v) is 0.766. The Kier molecular flexibility index (Phi) is 7.17. The molecule has 0 heterocycles. The number of carbonyl (C=O) groups is 1. The van der Waals surface area contributed by atoms with Crippen LogP contribution in [0.1, 0.15) is 10.4 Å². The number of benzene rings is 1. The number of hydrogen-bond donors (Lipinski definition) is 1. The molecule has 1 rings (SSSR count). The minimum absolute atomic E-state index is 0. The maximum atomic E-state index is 11.0. The molecule has 0 aromatic heterocycles. The van der Waals surface area contributed by atoms with E-state index >= 15 is 0 Å². The number of ketones is 1. The second kappa shape index (κ2) is 6.91. The van der Waals surface area contributed by atoms with Gasteiger partial charge in [-0.15, -0.1) is 0 Å². The molecule has 12 heavy (non-hydrogen) atoms. The monoisotopic (exact) mass is 192 g/mol. The summed E-state index contributed by atoms with van der Waals surface area (Å²) in [7, 11) is 0. The fraction of sp³-hybridized carbons (Fsp3) is 0.125. The standard InChI is InChI=1S/C8H8O3.K.H/c9-8(6-11-10)7-4-2-1-3-5-7;;/h1-5,10H,6H2;;. The van der Waals surface area contributed by atoms with Crippen molar-refractivity contribution in [3.63, 3.8) is 0 Å². The van der Waals surface area contributed by atoms with E-state index in [0.29, 0.717) is 5.56 Å². The van der Waals surface area contributed by atoms with Gasteiger partial charge in [0.1, 0.15) is 6.61 Å². The first-order valence-electron chi connectivity index (χ1n) is 3.19. The predicted octanol–water partition coefficient (Wildman–Crippen LogP) is 0.710. The van der Waals surface area contributed by atoms with Crippen LogP contribution in [0.2, 0.25) is 0 Å². The van der Waals surface area contributed by atoms with E-state index in [4.69, 9.17) is 5.26 Å². The quantitative estimate of drug-likeness (QED) is 0.332. The molecule has 0 fully saturated rings. The molecule has 0 radical (unpaired) electrons. The summed E-state index contributed by atoms with van der Waals surface area (Å²) in [4.78, 5) is 14.7. The summed E-state index contributed by atoms with van der Waals surface area (Å²) in [5, 5.41) is 7.98. The van der Waals surface area contributed by atoms with Crippen LogP contribution in [0.15, 0.2) is 30.3 Å². The Hall–Kier alpha value is 0.446. The topological polar surface area (TPSA) is 46.5 Å². The summed E-state index contributed by atoms with van der Waals surface area (Å²) in [6, 6.07) is 8.66. The van der Waals surface area contributed by atoms with Gasteiger partial charge in [0.2, 0.25) is 0 Å². The van der Waals surface area contributed by atoms with Gasteiger partial charge in [0.05, 0.1) is 0 Å². The van der Waals surface area contributed by atoms with E-state index in [9.17, 15) is 4.79 Å². The van der Waals surface area contributed by atoms with E-state index in [-0.39, 0.29) is 63.8 Å². The summed E-state index contributed by atoms with van der Waals surface area (Å²) >= 11 is 0. The van der Waals surface area contributed by atoms with Crippen LogP contribution in [-0.2, 0) is 4.89 Å². The molecule has 0 atom stereocenters. The molecule has 0 aliphatic heterocycles. The van der Waals surface area contributed by atoms with E-state index in [1.807, 2.05) is 6.07 Å². The van der Waals surface area contributed by atoms with Crippen molar-refractivity contribution in [1.82, 2.24) is 0 Å². The van der Waals surface area contributed by atoms with E-state index in [0.717, 1.165) is 0 Å². The summed E-state index contributed by atoms with van der Waals surface area (Å²) < 4.78 is 0. The molecular weight excluding hydrogens is 183 g/mol. The summed E-state index contributed by atoms with van der Waals surface area (Å²) in [6.45, 7) is -0.288. The van der Waals surface area contributed by atoms with Gasteiger partial charge in [0, 0.05) is 5.56 Å². The molecule has 0 aliphatic carbocycles. The molecular formula is C8H9KO3. The van der Waals surface area contributed by atoms with Crippen LogP contribution >= 0.6 is 0 Å². The van der Waals surface area contributed by atoms with Gasteiger partial charge in [-0.3, -0.25) is 10.1 Å². The molecule has 0 saturated heterocycles. The summed E-state index contributed by atoms with van der Waals surface area (Å²) in [5.41, 5.74) is 0.543. The van der Waals surface area contributed by atoms with Gasteiger partial charge >= 0.3 is 51.4 Å². The van der Waals surface area contributed by atoms with Crippen LogP contribution in [-0.4, -0.2) is 69.0 Å². The Labute approximate surface area is 113 Å². The van der Waals surface area contributed by atoms with Crippen LogP contribution in [0, 0.1) is 0 Å². The van der Waals surface area contributed by atoms with Crippen LogP contribution in [0.25, 0.3) is 0 Å². The third-order valence-corrected chi connectivity index (χ3v) is 1.29. The summed E-state index contributed by atoms with van der Waals surface area (Å²) in [6.07, 6.45) is 0. The van der Waals surface area contributed by atoms with Gasteiger partial charge in [0.25, 0.3) is 0 Å². The Morgan fingerprint density at radius 3 is 2.42 bits per heavy atom. The van der Waals surface area contributed by atoms with Gasteiger partial charge in [-0.05, 0) is 0 Å². The number of rotatable bonds is 3. The SMILES string of the molecule is O=C(COO)c1ccccc1.[KH]. The van der Waals surface area contributed by atoms with Crippen molar-refractivity contribution in [3.8, 4) is 0 Å². The van der Waals surface area contributed by atoms with Crippen molar-refractivity contribution in [2.45, 2.75) is 0 Å². The Morgan fingerprint density at radius 2 is 1.92 bits per heavy atom. The average Bonchev–Trinajstić information content (AvgIpc) is 2.07. The fourth-order valence-electron chi connectivity index (χ4n) is 0.766. The van der Waals surface area contributed by atoms with Gasteiger partial charge in [-0.25, -0.2) is 4.89 Å². The normalized spacial score (nSPS) is 8.75. The van der Waals surface area contributed by atoms with Crippen molar-refractivity contribution in [1.29, 1.82) is 0 Å². The Balaban J connectivity index is 0.00000121. The zero-order valence-electron chi connectivity index (χ0n) is 5.86. The van der Waals surface area contributed by atoms with Crippen molar-refractivity contribution in [2.75, 3.05) is 6.61 Å². The first-order chi connectivity index (χ1) is 5.34. The molecule has 1 aromatic rings. The van der Waals surface area contributed by atoms with Gasteiger partial charge in [-0.1, -0.05) is 30.3 Å². The molecule has 4 heteroatoms. The minimum atomic E-state index is -0.288. The molecule has 0 amide bonds. The van der Waals surface area contributed by atoms with Gasteiger partial charge in [-0.2, -0.15) is 0 Å². The van der Waals surface area contributed by atoms with E-state index in [1.54, 1.807) is 24.3 Å². The second-order valence-corrected chi connectivity index (χ2v) is 2.06. The average molecular weight is 192 g/mol. The third-order valence-electron chi connectivity index (χ3n) is 1.29. The second-order valence-electron chi connectivity index (χ2n) is 2.06. The van der Waals surface area contributed by atoms with Crippen LogP contribution in [0.5, 0.6) is 0 Å². The molecule has 0 bridgehead atoms. The molecule has 0 spiro atoms. The van der Waals surface area contributed by atoms with E-state index < -0.39 is 0 Å². The predicted molar refractivity (Wildman–Crippen MR) is 46.5 cm³/mol. The van der Waals surface area contributed by atoms with E-state index in [2.05, 4.69) is 4.89 Å². The molecule has 60 valence electrons. The first-order valence-corrected chi connectivity index (χ1v) is 3.19. The molecule has 1 aromatic carbocycles. The number of carbonyl (C=O) groups excluding carboxylic acids is 1. The number of hydrogen-bond acceptors (Lipinski definition) is 3. The van der Waals surface area contributed by atoms with E-state index in [1.165, 1.54) is 0 Å². The molecule has 3 nitrogen and oxygen atoms in total. The summed E-state index contributed by atoms with van der Waals surface area (Å²) in [5.74, 6) is -0.229. The molecule has 1 N–H and O–H groups in total. The first kappa shape index (κ1) is 12.4. The Bertz CT molecular complexity index is 235. The zero-order valence-corrected chi connectivity index (χ0v) is 5.86. The maximum absolute atomic E-state index is 11.0. The third kappa shape index (κ3) is 3.91. The van der Waals surface area contributed by atoms with Gasteiger partial charge < -0.3 is 0 Å².